The first kappa shape index (κ1) is 16.3. The minimum absolute atomic E-state index is 0.167. The standard InChI is InChI=1S/C17H21N3O4/c1-3-24-13-7-5-4-6-12(13)18-14(21)10-20-15(22)17(2,11-8-9-11)19-16(20)23/h4-7,11H,3,8-10H2,1-2H3,(H,18,21)(H,19,23)/t17-/m1/s1. The van der Waals surface area contributed by atoms with E-state index in [1.807, 2.05) is 6.92 Å². The van der Waals surface area contributed by atoms with Gasteiger partial charge in [-0.05, 0) is 44.7 Å². The van der Waals surface area contributed by atoms with Crippen molar-refractivity contribution in [2.24, 2.45) is 5.92 Å². The van der Waals surface area contributed by atoms with Crippen LogP contribution < -0.4 is 15.4 Å². The van der Waals surface area contributed by atoms with Gasteiger partial charge in [0.1, 0.15) is 17.8 Å². The van der Waals surface area contributed by atoms with Crippen molar-refractivity contribution in [2.45, 2.75) is 32.2 Å². The predicted molar refractivity (Wildman–Crippen MR) is 87.6 cm³/mol. The molecule has 1 aliphatic heterocycles. The van der Waals surface area contributed by atoms with Crippen molar-refractivity contribution in [2.75, 3.05) is 18.5 Å². The number of carbonyl (C=O) groups is 3. The van der Waals surface area contributed by atoms with Crippen LogP contribution in [0.15, 0.2) is 24.3 Å². The maximum atomic E-state index is 12.5. The average Bonchev–Trinajstić information content (AvgIpc) is 3.36. The van der Waals surface area contributed by atoms with Gasteiger partial charge in [-0.25, -0.2) is 4.79 Å². The molecule has 0 aromatic heterocycles. The number of carbonyl (C=O) groups excluding carboxylic acids is 3. The molecule has 1 aromatic rings. The van der Waals surface area contributed by atoms with E-state index in [2.05, 4.69) is 10.6 Å². The Labute approximate surface area is 140 Å². The van der Waals surface area contributed by atoms with E-state index in [4.69, 9.17) is 4.74 Å². The summed E-state index contributed by atoms with van der Waals surface area (Å²) in [5, 5.41) is 5.42. The maximum absolute atomic E-state index is 12.5. The number of nitrogens with one attached hydrogen (secondary N) is 2. The summed E-state index contributed by atoms with van der Waals surface area (Å²) in [5.41, 5.74) is -0.359. The molecule has 2 fully saturated rings. The zero-order chi connectivity index (χ0) is 17.3. The smallest absolute Gasteiger partial charge is 0.325 e. The number of hydrogen-bond donors (Lipinski definition) is 2. The SMILES string of the molecule is CCOc1ccccc1NC(=O)CN1C(=O)N[C@](C)(C2CC2)C1=O. The first-order valence-corrected chi connectivity index (χ1v) is 8.11. The zero-order valence-electron chi connectivity index (χ0n) is 13.8. The van der Waals surface area contributed by atoms with Crippen molar-refractivity contribution in [1.29, 1.82) is 0 Å². The summed E-state index contributed by atoms with van der Waals surface area (Å²) in [7, 11) is 0. The summed E-state index contributed by atoms with van der Waals surface area (Å²) >= 11 is 0. The number of anilines is 1. The molecule has 1 aliphatic carbocycles. The molecule has 4 amide bonds. The first-order chi connectivity index (χ1) is 11.5. The van der Waals surface area contributed by atoms with Crippen molar-refractivity contribution in [3.8, 4) is 5.75 Å². The Morgan fingerprint density at radius 2 is 2.08 bits per heavy atom. The van der Waals surface area contributed by atoms with Gasteiger partial charge in [0.05, 0.1) is 12.3 Å². The number of imide groups is 1. The van der Waals surface area contributed by atoms with Gasteiger partial charge in [-0.15, -0.1) is 0 Å². The van der Waals surface area contributed by atoms with Crippen LogP contribution in [0.3, 0.4) is 0 Å². The van der Waals surface area contributed by atoms with Crippen molar-refractivity contribution < 1.29 is 19.1 Å². The molecule has 1 heterocycles. The Morgan fingerprint density at radius 3 is 2.75 bits per heavy atom. The van der Waals surface area contributed by atoms with E-state index < -0.39 is 17.5 Å². The van der Waals surface area contributed by atoms with Gasteiger partial charge < -0.3 is 15.4 Å². The van der Waals surface area contributed by atoms with Crippen molar-refractivity contribution in [3.05, 3.63) is 24.3 Å². The third-order valence-electron chi connectivity index (χ3n) is 4.46. The molecule has 1 saturated heterocycles. The highest BCUT2D eigenvalue weighted by molar-refractivity contribution is 6.10. The number of para-hydroxylation sites is 2. The Balaban J connectivity index is 1.67. The molecule has 2 N–H and O–H groups in total. The van der Waals surface area contributed by atoms with Gasteiger partial charge in [0.15, 0.2) is 0 Å². The quantitative estimate of drug-likeness (QED) is 0.777. The van der Waals surface area contributed by atoms with Crippen LogP contribution in [0.2, 0.25) is 0 Å². The van der Waals surface area contributed by atoms with Crippen LogP contribution >= 0.6 is 0 Å². The maximum Gasteiger partial charge on any atom is 0.325 e. The summed E-state index contributed by atoms with van der Waals surface area (Å²) in [6.45, 7) is 3.74. The third kappa shape index (κ3) is 2.93. The molecule has 1 atom stereocenters. The molecule has 0 unspecified atom stereocenters. The molecule has 128 valence electrons. The molecule has 0 spiro atoms. The molecule has 7 nitrogen and oxygen atoms in total. The number of nitrogens with zero attached hydrogens (tertiary/aromatic N) is 1. The highest BCUT2D eigenvalue weighted by atomic mass is 16.5. The van der Waals surface area contributed by atoms with Crippen LogP contribution in [0.25, 0.3) is 0 Å². The van der Waals surface area contributed by atoms with E-state index in [-0.39, 0.29) is 18.4 Å². The van der Waals surface area contributed by atoms with Gasteiger partial charge in [-0.2, -0.15) is 0 Å². The van der Waals surface area contributed by atoms with Crippen LogP contribution in [0.1, 0.15) is 26.7 Å². The second-order valence-electron chi connectivity index (χ2n) is 6.28. The van der Waals surface area contributed by atoms with Gasteiger partial charge in [0.25, 0.3) is 5.91 Å². The third-order valence-corrected chi connectivity index (χ3v) is 4.46. The molecule has 1 saturated carbocycles. The topological polar surface area (TPSA) is 87.7 Å². The fourth-order valence-electron chi connectivity index (χ4n) is 2.98. The van der Waals surface area contributed by atoms with E-state index in [0.29, 0.717) is 18.0 Å². The molecular formula is C17H21N3O4. The lowest BCUT2D eigenvalue weighted by atomic mass is 9.96. The molecule has 7 heteroatoms. The number of urea groups is 1. The van der Waals surface area contributed by atoms with Crippen LogP contribution in [0.5, 0.6) is 5.75 Å². The lowest BCUT2D eigenvalue weighted by Crippen LogP contribution is -2.46. The number of rotatable bonds is 6. The second kappa shape index (κ2) is 6.14. The molecule has 2 aliphatic rings. The lowest BCUT2D eigenvalue weighted by Gasteiger charge is -2.20. The van der Waals surface area contributed by atoms with E-state index in [9.17, 15) is 14.4 Å². The summed E-state index contributed by atoms with van der Waals surface area (Å²) in [6.07, 6.45) is 1.84. The van der Waals surface area contributed by atoms with E-state index in [1.165, 1.54) is 0 Å². The molecule has 0 radical (unpaired) electrons. The zero-order valence-corrected chi connectivity index (χ0v) is 13.8. The van der Waals surface area contributed by atoms with Crippen LogP contribution in [-0.2, 0) is 9.59 Å². The number of amides is 4. The van der Waals surface area contributed by atoms with Gasteiger partial charge in [0, 0.05) is 0 Å². The van der Waals surface area contributed by atoms with Gasteiger partial charge in [-0.3, -0.25) is 14.5 Å². The Hall–Kier alpha value is -2.57. The summed E-state index contributed by atoms with van der Waals surface area (Å²) in [6, 6.07) is 6.53. The number of hydrogen-bond acceptors (Lipinski definition) is 4. The van der Waals surface area contributed by atoms with E-state index >= 15 is 0 Å². The van der Waals surface area contributed by atoms with Crippen LogP contribution in [0, 0.1) is 5.92 Å². The fraction of sp³-hybridized carbons (Fsp3) is 0.471. The van der Waals surface area contributed by atoms with Crippen molar-refractivity contribution in [1.82, 2.24) is 10.2 Å². The summed E-state index contributed by atoms with van der Waals surface area (Å²) in [4.78, 5) is 37.8. The minimum Gasteiger partial charge on any atom is -0.492 e. The highest BCUT2D eigenvalue weighted by Gasteiger charge is 2.56. The normalized spacial score (nSPS) is 23.2. The molecular weight excluding hydrogens is 310 g/mol. The Bertz CT molecular complexity index is 686. The van der Waals surface area contributed by atoms with Crippen molar-refractivity contribution in [3.63, 3.8) is 0 Å². The second-order valence-corrected chi connectivity index (χ2v) is 6.28. The fourth-order valence-corrected chi connectivity index (χ4v) is 2.98. The minimum atomic E-state index is -0.874. The monoisotopic (exact) mass is 331 g/mol. The molecule has 24 heavy (non-hydrogen) atoms. The predicted octanol–water partition coefficient (Wildman–Crippen LogP) is 1.74. The van der Waals surface area contributed by atoms with Gasteiger partial charge in [-0.1, -0.05) is 12.1 Å². The van der Waals surface area contributed by atoms with Gasteiger partial charge >= 0.3 is 6.03 Å². The first-order valence-electron chi connectivity index (χ1n) is 8.11. The van der Waals surface area contributed by atoms with Crippen LogP contribution in [0.4, 0.5) is 10.5 Å². The lowest BCUT2D eigenvalue weighted by molar-refractivity contribution is -0.134. The number of ether oxygens (including phenoxy) is 1. The van der Waals surface area contributed by atoms with E-state index in [1.54, 1.807) is 31.2 Å². The summed E-state index contributed by atoms with van der Waals surface area (Å²) in [5.74, 6) is -0.0528. The average molecular weight is 331 g/mol. The highest BCUT2D eigenvalue weighted by Crippen LogP contribution is 2.42. The molecule has 3 rings (SSSR count). The summed E-state index contributed by atoms with van der Waals surface area (Å²) < 4.78 is 5.45. The van der Waals surface area contributed by atoms with Crippen molar-refractivity contribution >= 4 is 23.5 Å². The number of benzene rings is 1. The Morgan fingerprint density at radius 1 is 1.38 bits per heavy atom. The molecule has 0 bridgehead atoms. The Kier molecular flexibility index (Phi) is 4.17. The largest absolute Gasteiger partial charge is 0.492 e. The molecule has 1 aromatic carbocycles. The van der Waals surface area contributed by atoms with E-state index in [0.717, 1.165) is 17.7 Å². The van der Waals surface area contributed by atoms with Crippen LogP contribution in [-0.4, -0.2) is 41.4 Å². The van der Waals surface area contributed by atoms with Gasteiger partial charge in [0.2, 0.25) is 5.91 Å².